The first kappa shape index (κ1) is 18.0. The van der Waals surface area contributed by atoms with Crippen molar-refractivity contribution in [3.05, 3.63) is 77.4 Å². The number of rotatable bonds is 3. The number of nitrogens with one attached hydrogen (secondary N) is 1. The molecule has 3 aliphatic rings. The third-order valence-electron chi connectivity index (χ3n) is 6.47. The van der Waals surface area contributed by atoms with E-state index in [1.165, 1.54) is 0 Å². The summed E-state index contributed by atoms with van der Waals surface area (Å²) in [4.78, 5) is 17.5. The van der Waals surface area contributed by atoms with Gasteiger partial charge in [-0.3, -0.25) is 9.78 Å². The second-order valence-corrected chi connectivity index (χ2v) is 8.23. The van der Waals surface area contributed by atoms with Crippen LogP contribution in [0.3, 0.4) is 0 Å². The van der Waals surface area contributed by atoms with Gasteiger partial charge in [0.05, 0.1) is 11.6 Å². The minimum atomic E-state index is -0.491. The molecule has 146 valence electrons. The van der Waals surface area contributed by atoms with Crippen LogP contribution in [0.4, 0.5) is 0 Å². The van der Waals surface area contributed by atoms with E-state index in [0.717, 1.165) is 46.4 Å². The molecule has 1 N–H and O–H groups in total. The fourth-order valence-corrected chi connectivity index (χ4v) is 5.20. The summed E-state index contributed by atoms with van der Waals surface area (Å²) in [5, 5.41) is 12.2. The molecule has 1 aromatic heterocycles. The van der Waals surface area contributed by atoms with E-state index < -0.39 is 5.41 Å². The summed E-state index contributed by atoms with van der Waals surface area (Å²) in [6.07, 6.45) is 7.56. The normalized spacial score (nSPS) is 27.9. The van der Waals surface area contributed by atoms with Crippen LogP contribution in [0, 0.1) is 5.92 Å². The van der Waals surface area contributed by atoms with Crippen LogP contribution in [-0.4, -0.2) is 16.9 Å². The SMILES string of the molecule is CC[C@@]1(c2cccc(-c3ccncc3)c2)C2=CN=NC2NC2=C1C(=O)C[C@H](C)C2. The van der Waals surface area contributed by atoms with Gasteiger partial charge < -0.3 is 5.32 Å². The highest BCUT2D eigenvalue weighted by atomic mass is 16.1. The van der Waals surface area contributed by atoms with Gasteiger partial charge in [0, 0.05) is 35.7 Å². The quantitative estimate of drug-likeness (QED) is 0.816. The molecule has 29 heavy (non-hydrogen) atoms. The molecule has 3 heterocycles. The zero-order valence-electron chi connectivity index (χ0n) is 16.7. The lowest BCUT2D eigenvalue weighted by atomic mass is 9.60. The molecule has 5 rings (SSSR count). The van der Waals surface area contributed by atoms with Gasteiger partial charge in [-0.15, -0.1) is 0 Å². The van der Waals surface area contributed by atoms with Crippen molar-refractivity contribution in [3.63, 3.8) is 0 Å². The van der Waals surface area contributed by atoms with Crippen LogP contribution in [0.5, 0.6) is 0 Å². The first-order valence-corrected chi connectivity index (χ1v) is 10.3. The van der Waals surface area contributed by atoms with Gasteiger partial charge in [0.25, 0.3) is 0 Å². The van der Waals surface area contributed by atoms with Crippen LogP contribution < -0.4 is 5.32 Å². The highest BCUT2D eigenvalue weighted by Crippen LogP contribution is 2.52. The Balaban J connectivity index is 1.74. The number of hydrogen-bond donors (Lipinski definition) is 1. The van der Waals surface area contributed by atoms with Crippen molar-refractivity contribution in [2.75, 3.05) is 0 Å². The zero-order chi connectivity index (χ0) is 20.0. The van der Waals surface area contributed by atoms with Crippen molar-refractivity contribution in [1.82, 2.24) is 10.3 Å². The van der Waals surface area contributed by atoms with Crippen molar-refractivity contribution in [2.24, 2.45) is 16.1 Å². The number of carbonyl (C=O) groups excluding carboxylic acids is 1. The molecule has 0 amide bonds. The second-order valence-electron chi connectivity index (χ2n) is 8.23. The zero-order valence-corrected chi connectivity index (χ0v) is 16.7. The summed E-state index contributed by atoms with van der Waals surface area (Å²) < 4.78 is 0. The largest absolute Gasteiger partial charge is 0.362 e. The predicted octanol–water partition coefficient (Wildman–Crippen LogP) is 4.93. The van der Waals surface area contributed by atoms with Gasteiger partial charge in [-0.05, 0) is 53.6 Å². The number of carbonyl (C=O) groups is 1. The topological polar surface area (TPSA) is 66.7 Å². The van der Waals surface area contributed by atoms with E-state index >= 15 is 0 Å². The third-order valence-corrected chi connectivity index (χ3v) is 6.47. The van der Waals surface area contributed by atoms with Crippen LogP contribution in [0.15, 0.2) is 82.1 Å². The molecule has 0 fully saturated rings. The Labute approximate surface area is 170 Å². The van der Waals surface area contributed by atoms with Crippen LogP contribution >= 0.6 is 0 Å². The number of benzene rings is 1. The fourth-order valence-electron chi connectivity index (χ4n) is 5.20. The number of nitrogens with zero attached hydrogens (tertiary/aromatic N) is 3. The Bertz CT molecular complexity index is 1070. The van der Waals surface area contributed by atoms with Gasteiger partial charge in [-0.1, -0.05) is 32.0 Å². The highest BCUT2D eigenvalue weighted by molar-refractivity contribution is 6.01. The molecule has 1 aromatic carbocycles. The molecule has 5 heteroatoms. The highest BCUT2D eigenvalue weighted by Gasteiger charge is 2.51. The Morgan fingerprint density at radius 1 is 1.14 bits per heavy atom. The van der Waals surface area contributed by atoms with E-state index in [-0.39, 0.29) is 11.9 Å². The number of allylic oxidation sites excluding steroid dienone is 2. The number of ketones is 1. The number of azo groups is 1. The molecule has 1 aliphatic carbocycles. The Hall–Kier alpha value is -3.08. The molecule has 3 atom stereocenters. The van der Waals surface area contributed by atoms with E-state index in [4.69, 9.17) is 0 Å². The second kappa shape index (κ2) is 6.76. The number of hydrogen-bond acceptors (Lipinski definition) is 5. The standard InChI is InChI=1S/C24H24N4O/c1-3-24(18-6-4-5-17(13-18)16-7-9-25-10-8-16)19-14-26-28-23(19)27-20-11-15(2)12-21(29)22(20)24/h4-10,13-15,23,27H,3,11-12H2,1-2H3/t15-,23?,24-/m1/s1. The molecule has 2 aliphatic heterocycles. The maximum absolute atomic E-state index is 13.3. The van der Waals surface area contributed by atoms with Crippen molar-refractivity contribution in [1.29, 1.82) is 0 Å². The van der Waals surface area contributed by atoms with Gasteiger partial charge in [-0.2, -0.15) is 10.2 Å². The van der Waals surface area contributed by atoms with E-state index in [0.29, 0.717) is 12.3 Å². The maximum atomic E-state index is 13.3. The van der Waals surface area contributed by atoms with Crippen molar-refractivity contribution < 1.29 is 4.79 Å². The Morgan fingerprint density at radius 3 is 2.76 bits per heavy atom. The Kier molecular flexibility index (Phi) is 4.19. The summed E-state index contributed by atoms with van der Waals surface area (Å²) in [5.41, 5.74) is 5.93. The van der Waals surface area contributed by atoms with Gasteiger partial charge in [0.2, 0.25) is 0 Å². The molecule has 0 saturated carbocycles. The molecule has 0 spiro atoms. The van der Waals surface area contributed by atoms with Crippen LogP contribution in [0.2, 0.25) is 0 Å². The number of aromatic nitrogens is 1. The average Bonchev–Trinajstić information content (AvgIpc) is 3.21. The number of fused-ring (bicyclic) bond motifs is 1. The van der Waals surface area contributed by atoms with Gasteiger partial charge >= 0.3 is 0 Å². The van der Waals surface area contributed by atoms with Crippen molar-refractivity contribution in [2.45, 2.75) is 44.7 Å². The van der Waals surface area contributed by atoms with Gasteiger partial charge in [0.15, 0.2) is 11.9 Å². The molecule has 0 radical (unpaired) electrons. The number of pyridine rings is 1. The van der Waals surface area contributed by atoms with E-state index in [2.05, 4.69) is 58.6 Å². The van der Waals surface area contributed by atoms with Crippen LogP contribution in [-0.2, 0) is 10.2 Å². The van der Waals surface area contributed by atoms with Gasteiger partial charge in [-0.25, -0.2) is 0 Å². The molecule has 5 nitrogen and oxygen atoms in total. The lowest BCUT2D eigenvalue weighted by molar-refractivity contribution is -0.117. The smallest absolute Gasteiger partial charge is 0.164 e. The fraction of sp³-hybridized carbons (Fsp3) is 0.333. The summed E-state index contributed by atoms with van der Waals surface area (Å²) in [6, 6.07) is 12.6. The molecule has 0 bridgehead atoms. The van der Waals surface area contributed by atoms with E-state index in [9.17, 15) is 4.79 Å². The van der Waals surface area contributed by atoms with E-state index in [1.54, 1.807) is 0 Å². The molecule has 0 saturated heterocycles. The summed E-state index contributed by atoms with van der Waals surface area (Å²) in [6.45, 7) is 4.30. The average molecular weight is 384 g/mol. The lowest BCUT2D eigenvalue weighted by Crippen LogP contribution is -2.50. The van der Waals surface area contributed by atoms with E-state index in [1.807, 2.05) is 30.7 Å². The minimum absolute atomic E-state index is 0.184. The monoisotopic (exact) mass is 384 g/mol. The molecule has 1 unspecified atom stereocenters. The van der Waals surface area contributed by atoms with Crippen molar-refractivity contribution in [3.8, 4) is 11.1 Å². The molecular formula is C24H24N4O. The summed E-state index contributed by atoms with van der Waals surface area (Å²) in [5.74, 6) is 0.587. The number of Topliss-reactive ketones (excluding diaryl/α,β-unsaturated/α-hetero) is 1. The molecular weight excluding hydrogens is 360 g/mol. The first-order chi connectivity index (χ1) is 14.1. The lowest BCUT2D eigenvalue weighted by Gasteiger charge is -2.46. The third kappa shape index (κ3) is 2.68. The summed E-state index contributed by atoms with van der Waals surface area (Å²) >= 11 is 0. The van der Waals surface area contributed by atoms with Crippen LogP contribution in [0.25, 0.3) is 11.1 Å². The van der Waals surface area contributed by atoms with Gasteiger partial charge in [0.1, 0.15) is 0 Å². The Morgan fingerprint density at radius 2 is 1.97 bits per heavy atom. The van der Waals surface area contributed by atoms with Crippen LogP contribution in [0.1, 0.15) is 38.7 Å². The minimum Gasteiger partial charge on any atom is -0.362 e. The first-order valence-electron chi connectivity index (χ1n) is 10.3. The van der Waals surface area contributed by atoms with Crippen molar-refractivity contribution >= 4 is 5.78 Å². The predicted molar refractivity (Wildman–Crippen MR) is 112 cm³/mol. The summed E-state index contributed by atoms with van der Waals surface area (Å²) in [7, 11) is 0. The molecule has 2 aromatic rings. The maximum Gasteiger partial charge on any atom is 0.164 e.